The molecular formula is C14H13ClO4. The van der Waals surface area contributed by atoms with E-state index in [4.69, 9.17) is 25.9 Å². The maximum atomic E-state index is 10.7. The number of aromatic carboxylic acids is 1. The summed E-state index contributed by atoms with van der Waals surface area (Å²) in [5.41, 5.74) is 1.85. The van der Waals surface area contributed by atoms with Gasteiger partial charge in [-0.2, -0.15) is 0 Å². The second-order valence-electron chi connectivity index (χ2n) is 4.23. The molecule has 0 aliphatic carbocycles. The summed E-state index contributed by atoms with van der Waals surface area (Å²) in [5.74, 6) is 0.0112. The molecule has 1 aromatic heterocycles. The lowest BCUT2D eigenvalue weighted by Crippen LogP contribution is -1.98. The Balaban J connectivity index is 2.12. The Labute approximate surface area is 115 Å². The van der Waals surface area contributed by atoms with Crippen LogP contribution in [-0.4, -0.2) is 11.1 Å². The molecule has 0 atom stereocenters. The highest BCUT2D eigenvalue weighted by Crippen LogP contribution is 2.27. The normalized spacial score (nSPS) is 10.5. The number of halogens is 1. The molecule has 0 amide bonds. The Morgan fingerprint density at radius 2 is 1.95 bits per heavy atom. The lowest BCUT2D eigenvalue weighted by atomic mass is 10.1. The van der Waals surface area contributed by atoms with E-state index in [1.54, 1.807) is 6.07 Å². The highest BCUT2D eigenvalue weighted by molar-refractivity contribution is 6.30. The van der Waals surface area contributed by atoms with Crippen molar-refractivity contribution in [2.45, 2.75) is 20.5 Å². The minimum Gasteiger partial charge on any atom is -0.485 e. The molecule has 0 unspecified atom stereocenters. The maximum absolute atomic E-state index is 10.7. The average Bonchev–Trinajstić information content (AvgIpc) is 2.76. The minimum atomic E-state index is -1.09. The number of furan rings is 1. The Bertz CT molecular complexity index is 593. The molecule has 19 heavy (non-hydrogen) atoms. The van der Waals surface area contributed by atoms with Crippen molar-refractivity contribution in [2.75, 3.05) is 0 Å². The molecule has 0 saturated carbocycles. The first-order chi connectivity index (χ1) is 8.97. The molecule has 0 saturated heterocycles. The lowest BCUT2D eigenvalue weighted by Gasteiger charge is -2.11. The van der Waals surface area contributed by atoms with Crippen molar-refractivity contribution in [1.82, 2.24) is 0 Å². The minimum absolute atomic E-state index is 0.0943. The van der Waals surface area contributed by atoms with Gasteiger partial charge in [0.15, 0.2) is 0 Å². The molecule has 1 aromatic carbocycles. The van der Waals surface area contributed by atoms with Gasteiger partial charge in [0.1, 0.15) is 18.1 Å². The van der Waals surface area contributed by atoms with Crippen LogP contribution in [0.4, 0.5) is 0 Å². The molecule has 0 aliphatic rings. The smallest absolute Gasteiger partial charge is 0.371 e. The summed E-state index contributed by atoms with van der Waals surface area (Å²) in [6, 6.07) is 6.62. The summed E-state index contributed by atoms with van der Waals surface area (Å²) in [7, 11) is 0. The Morgan fingerprint density at radius 1 is 1.32 bits per heavy atom. The molecule has 0 spiro atoms. The average molecular weight is 281 g/mol. The van der Waals surface area contributed by atoms with Gasteiger partial charge in [-0.1, -0.05) is 11.6 Å². The van der Waals surface area contributed by atoms with Gasteiger partial charge >= 0.3 is 5.97 Å². The number of benzene rings is 1. The van der Waals surface area contributed by atoms with Crippen molar-refractivity contribution >= 4 is 17.6 Å². The van der Waals surface area contributed by atoms with Crippen LogP contribution in [0.2, 0.25) is 5.02 Å². The summed E-state index contributed by atoms with van der Waals surface area (Å²) in [6.45, 7) is 3.98. The van der Waals surface area contributed by atoms with E-state index in [1.807, 2.05) is 26.0 Å². The molecular weight excluding hydrogens is 268 g/mol. The third-order valence-electron chi connectivity index (χ3n) is 2.66. The molecule has 1 heterocycles. The zero-order valence-corrected chi connectivity index (χ0v) is 11.3. The van der Waals surface area contributed by atoms with Crippen LogP contribution in [0, 0.1) is 13.8 Å². The summed E-state index contributed by atoms with van der Waals surface area (Å²) in [5, 5.41) is 9.41. The van der Waals surface area contributed by atoms with Gasteiger partial charge in [-0.15, -0.1) is 0 Å². The molecule has 2 aromatic rings. The van der Waals surface area contributed by atoms with Crippen molar-refractivity contribution < 1.29 is 19.1 Å². The summed E-state index contributed by atoms with van der Waals surface area (Å²) in [4.78, 5) is 10.7. The molecule has 1 N–H and O–H groups in total. The predicted octanol–water partition coefficient (Wildman–Crippen LogP) is 3.83. The van der Waals surface area contributed by atoms with Gasteiger partial charge in [-0.05, 0) is 49.2 Å². The number of hydrogen-bond acceptors (Lipinski definition) is 3. The zero-order valence-electron chi connectivity index (χ0n) is 10.6. The second kappa shape index (κ2) is 5.36. The summed E-state index contributed by atoms with van der Waals surface area (Å²) >= 11 is 5.94. The number of rotatable bonds is 4. The van der Waals surface area contributed by atoms with E-state index < -0.39 is 5.97 Å². The fourth-order valence-corrected chi connectivity index (χ4v) is 2.17. The molecule has 0 aliphatic heterocycles. The van der Waals surface area contributed by atoms with E-state index in [9.17, 15) is 4.79 Å². The second-order valence-corrected chi connectivity index (χ2v) is 4.66. The Hall–Kier alpha value is -1.94. The first-order valence-electron chi connectivity index (χ1n) is 5.69. The molecule has 0 radical (unpaired) electrons. The molecule has 0 bridgehead atoms. The number of ether oxygens (including phenoxy) is 1. The SMILES string of the molecule is Cc1cc(Cl)cc(C)c1OCc1ccc(C(=O)O)o1. The monoisotopic (exact) mass is 280 g/mol. The van der Waals surface area contributed by atoms with E-state index in [1.165, 1.54) is 6.07 Å². The topological polar surface area (TPSA) is 59.7 Å². The van der Waals surface area contributed by atoms with Gasteiger partial charge in [0.25, 0.3) is 0 Å². The molecule has 100 valence electrons. The fourth-order valence-electron chi connectivity index (χ4n) is 1.84. The largest absolute Gasteiger partial charge is 0.485 e. The highest BCUT2D eigenvalue weighted by atomic mass is 35.5. The fraction of sp³-hybridized carbons (Fsp3) is 0.214. The molecule has 5 heteroatoms. The first kappa shape index (κ1) is 13.5. The van der Waals surface area contributed by atoms with Crippen LogP contribution < -0.4 is 4.74 Å². The van der Waals surface area contributed by atoms with Crippen molar-refractivity contribution in [3.63, 3.8) is 0 Å². The van der Waals surface area contributed by atoms with Crippen LogP contribution in [0.3, 0.4) is 0 Å². The number of aryl methyl sites for hydroxylation is 2. The van der Waals surface area contributed by atoms with Crippen LogP contribution in [0.15, 0.2) is 28.7 Å². The van der Waals surface area contributed by atoms with Crippen LogP contribution in [0.5, 0.6) is 5.75 Å². The molecule has 2 rings (SSSR count). The number of carbonyl (C=O) groups is 1. The van der Waals surface area contributed by atoms with Crippen LogP contribution in [0.25, 0.3) is 0 Å². The third-order valence-corrected chi connectivity index (χ3v) is 2.87. The lowest BCUT2D eigenvalue weighted by molar-refractivity contribution is 0.0658. The van der Waals surface area contributed by atoms with Crippen molar-refractivity contribution in [1.29, 1.82) is 0 Å². The molecule has 0 fully saturated rings. The van der Waals surface area contributed by atoms with E-state index in [0.29, 0.717) is 10.8 Å². The number of hydrogen-bond donors (Lipinski definition) is 1. The van der Waals surface area contributed by atoms with Gasteiger partial charge in [0, 0.05) is 5.02 Å². The Morgan fingerprint density at radius 3 is 2.47 bits per heavy atom. The highest BCUT2D eigenvalue weighted by Gasteiger charge is 2.11. The van der Waals surface area contributed by atoms with Gasteiger partial charge in [0.05, 0.1) is 0 Å². The standard InChI is InChI=1S/C14H13ClO4/c1-8-5-10(15)6-9(2)13(8)18-7-11-3-4-12(19-11)14(16)17/h3-6H,7H2,1-2H3,(H,16,17). The van der Waals surface area contributed by atoms with Crippen molar-refractivity contribution in [3.05, 3.63) is 51.9 Å². The Kier molecular flexibility index (Phi) is 3.81. The van der Waals surface area contributed by atoms with Gasteiger partial charge in [-0.3, -0.25) is 0 Å². The number of carboxylic acids is 1. The van der Waals surface area contributed by atoms with Crippen LogP contribution >= 0.6 is 11.6 Å². The maximum Gasteiger partial charge on any atom is 0.371 e. The number of carboxylic acid groups (broad SMARTS) is 1. The van der Waals surface area contributed by atoms with Crippen LogP contribution in [0.1, 0.15) is 27.4 Å². The van der Waals surface area contributed by atoms with Gasteiger partial charge in [0.2, 0.25) is 5.76 Å². The molecule has 4 nitrogen and oxygen atoms in total. The van der Waals surface area contributed by atoms with E-state index in [2.05, 4.69) is 0 Å². The first-order valence-corrected chi connectivity index (χ1v) is 6.06. The van der Waals surface area contributed by atoms with Gasteiger partial charge in [-0.25, -0.2) is 4.79 Å². The summed E-state index contributed by atoms with van der Waals surface area (Å²) < 4.78 is 10.8. The quantitative estimate of drug-likeness (QED) is 0.925. The summed E-state index contributed by atoms with van der Waals surface area (Å²) in [6.07, 6.45) is 0. The van der Waals surface area contributed by atoms with E-state index in [0.717, 1.165) is 16.9 Å². The van der Waals surface area contributed by atoms with Crippen molar-refractivity contribution in [3.8, 4) is 5.75 Å². The van der Waals surface area contributed by atoms with Crippen molar-refractivity contribution in [2.24, 2.45) is 0 Å². The van der Waals surface area contributed by atoms with Gasteiger partial charge < -0.3 is 14.3 Å². The predicted molar refractivity (Wildman–Crippen MR) is 70.9 cm³/mol. The van der Waals surface area contributed by atoms with E-state index >= 15 is 0 Å². The van der Waals surface area contributed by atoms with E-state index in [-0.39, 0.29) is 12.4 Å². The third kappa shape index (κ3) is 3.09. The zero-order chi connectivity index (χ0) is 14.0. The van der Waals surface area contributed by atoms with Crippen LogP contribution in [-0.2, 0) is 6.61 Å².